The number of benzene rings is 1. The lowest BCUT2D eigenvalue weighted by Gasteiger charge is -2.47. The van der Waals surface area contributed by atoms with Crippen LogP contribution in [0.25, 0.3) is 0 Å². The molecule has 150 valence electrons. The van der Waals surface area contributed by atoms with Gasteiger partial charge in [-0.15, -0.1) is 11.8 Å². The molecule has 1 aromatic carbocycles. The van der Waals surface area contributed by atoms with Crippen LogP contribution in [0.3, 0.4) is 0 Å². The van der Waals surface area contributed by atoms with Crippen molar-refractivity contribution < 1.29 is 9.84 Å². The fraction of sp³-hybridized carbons (Fsp3) is 0.667. The van der Waals surface area contributed by atoms with Crippen LogP contribution >= 0.6 is 11.8 Å². The van der Waals surface area contributed by atoms with Crippen molar-refractivity contribution in [1.82, 2.24) is 0 Å². The largest absolute Gasteiger partial charge is 0.507 e. The maximum atomic E-state index is 10.8. The second kappa shape index (κ2) is 8.94. The van der Waals surface area contributed by atoms with Crippen LogP contribution < -0.4 is 4.74 Å². The zero-order valence-corrected chi connectivity index (χ0v) is 18.3. The maximum Gasteiger partial charge on any atom is 0.128 e. The molecule has 2 aliphatic rings. The van der Waals surface area contributed by atoms with Crippen LogP contribution in [0.4, 0.5) is 0 Å². The highest BCUT2D eigenvalue weighted by Gasteiger charge is 2.45. The molecule has 2 nitrogen and oxygen atoms in total. The minimum absolute atomic E-state index is 0.191. The number of ether oxygens (including phenoxy) is 1. The minimum Gasteiger partial charge on any atom is -0.507 e. The number of phenolic OH excluding ortho intramolecular Hbond substituents is 1. The van der Waals surface area contributed by atoms with Crippen molar-refractivity contribution in [3.8, 4) is 11.5 Å². The van der Waals surface area contributed by atoms with E-state index in [0.29, 0.717) is 17.6 Å². The van der Waals surface area contributed by atoms with E-state index in [1.54, 1.807) is 0 Å². The van der Waals surface area contributed by atoms with Gasteiger partial charge < -0.3 is 9.84 Å². The molecular formula is C24H36O2S. The van der Waals surface area contributed by atoms with Gasteiger partial charge in [-0.25, -0.2) is 0 Å². The second-order valence-corrected chi connectivity index (χ2v) is 10.0. The van der Waals surface area contributed by atoms with E-state index in [4.69, 9.17) is 4.74 Å². The van der Waals surface area contributed by atoms with E-state index in [1.165, 1.54) is 44.1 Å². The predicted molar refractivity (Wildman–Crippen MR) is 116 cm³/mol. The van der Waals surface area contributed by atoms with E-state index in [2.05, 4.69) is 39.8 Å². The number of hydrogen-bond donors (Lipinski definition) is 1. The lowest BCUT2D eigenvalue weighted by atomic mass is 9.67. The highest BCUT2D eigenvalue weighted by Crippen LogP contribution is 2.54. The van der Waals surface area contributed by atoms with Gasteiger partial charge in [0.25, 0.3) is 0 Å². The number of hydrogen-bond acceptors (Lipinski definition) is 3. The Kier molecular flexibility index (Phi) is 6.83. The van der Waals surface area contributed by atoms with Crippen LogP contribution in [0.2, 0.25) is 0 Å². The van der Waals surface area contributed by atoms with Gasteiger partial charge in [-0.2, -0.15) is 0 Å². The standard InChI is InChI=1S/C24H36O2S/c1-5-6-7-8-9-10-13-27-18-15-21(25)23-19-14-17(2)11-12-20(19)24(3,4)26-22(23)16-18/h11,15-16,19-20,25H,5-10,12-14H2,1-4H3. The quantitative estimate of drug-likeness (QED) is 0.285. The van der Waals surface area contributed by atoms with Crippen LogP contribution in [0.5, 0.6) is 11.5 Å². The molecule has 0 saturated heterocycles. The lowest BCUT2D eigenvalue weighted by Crippen LogP contribution is -2.45. The molecule has 1 N–H and O–H groups in total. The third-order valence-corrected chi connectivity index (χ3v) is 7.31. The van der Waals surface area contributed by atoms with E-state index in [9.17, 15) is 5.11 Å². The van der Waals surface area contributed by atoms with E-state index >= 15 is 0 Å². The number of rotatable bonds is 8. The molecular weight excluding hydrogens is 352 g/mol. The first-order chi connectivity index (χ1) is 12.9. The summed E-state index contributed by atoms with van der Waals surface area (Å²) in [5, 5.41) is 10.8. The lowest BCUT2D eigenvalue weighted by molar-refractivity contribution is 0.00733. The maximum absolute atomic E-state index is 10.8. The summed E-state index contributed by atoms with van der Waals surface area (Å²) >= 11 is 1.85. The number of fused-ring (bicyclic) bond motifs is 3. The van der Waals surface area contributed by atoms with Crippen molar-refractivity contribution >= 4 is 11.8 Å². The van der Waals surface area contributed by atoms with Crippen molar-refractivity contribution in [1.29, 1.82) is 0 Å². The van der Waals surface area contributed by atoms with Crippen LogP contribution in [-0.2, 0) is 0 Å². The molecule has 1 aromatic rings. The molecule has 0 spiro atoms. The highest BCUT2D eigenvalue weighted by molar-refractivity contribution is 7.99. The van der Waals surface area contributed by atoms with Crippen LogP contribution in [0, 0.1) is 5.92 Å². The van der Waals surface area contributed by atoms with Gasteiger partial charge >= 0.3 is 0 Å². The molecule has 0 bridgehead atoms. The SMILES string of the molecule is CCCCCCCCSc1cc(O)c2c(c1)OC(C)(C)C1CC=C(C)CC21. The Hall–Kier alpha value is -1.09. The molecule has 0 aromatic heterocycles. The molecule has 0 saturated carbocycles. The first-order valence-electron chi connectivity index (χ1n) is 10.8. The Morgan fingerprint density at radius 2 is 1.89 bits per heavy atom. The Morgan fingerprint density at radius 3 is 2.67 bits per heavy atom. The second-order valence-electron chi connectivity index (χ2n) is 8.88. The first-order valence-corrected chi connectivity index (χ1v) is 11.7. The summed E-state index contributed by atoms with van der Waals surface area (Å²) in [7, 11) is 0. The van der Waals surface area contributed by atoms with E-state index in [0.717, 1.165) is 34.8 Å². The average Bonchev–Trinajstić information content (AvgIpc) is 2.59. The van der Waals surface area contributed by atoms with E-state index in [-0.39, 0.29) is 5.60 Å². The predicted octanol–water partition coefficient (Wildman–Crippen LogP) is 7.46. The van der Waals surface area contributed by atoms with Crippen LogP contribution in [0.15, 0.2) is 28.7 Å². The summed E-state index contributed by atoms with van der Waals surface area (Å²) < 4.78 is 6.41. The molecule has 27 heavy (non-hydrogen) atoms. The molecule has 1 aliphatic heterocycles. The Balaban J connectivity index is 1.68. The van der Waals surface area contributed by atoms with Gasteiger partial charge in [0.2, 0.25) is 0 Å². The topological polar surface area (TPSA) is 29.5 Å². The van der Waals surface area contributed by atoms with Crippen molar-refractivity contribution in [2.75, 3.05) is 5.75 Å². The summed E-state index contributed by atoms with van der Waals surface area (Å²) in [5.41, 5.74) is 2.28. The summed E-state index contributed by atoms with van der Waals surface area (Å²) in [5.74, 6) is 3.24. The minimum atomic E-state index is -0.191. The molecule has 0 fully saturated rings. The summed E-state index contributed by atoms with van der Waals surface area (Å²) in [4.78, 5) is 1.14. The van der Waals surface area contributed by atoms with Crippen molar-refractivity contribution in [2.45, 2.75) is 95.5 Å². The van der Waals surface area contributed by atoms with Crippen molar-refractivity contribution in [3.05, 3.63) is 29.3 Å². The summed E-state index contributed by atoms with van der Waals surface area (Å²) in [6.45, 7) is 8.87. The van der Waals surface area contributed by atoms with E-state index in [1.807, 2.05) is 17.8 Å². The number of unbranched alkanes of at least 4 members (excludes halogenated alkanes) is 5. The Bertz CT molecular complexity index is 677. The molecule has 3 rings (SSSR count). The normalized spacial score (nSPS) is 23.2. The Labute approximate surface area is 169 Å². The van der Waals surface area contributed by atoms with Crippen LogP contribution in [-0.4, -0.2) is 16.5 Å². The number of thioether (sulfide) groups is 1. The third-order valence-electron chi connectivity index (χ3n) is 6.24. The molecule has 1 aliphatic carbocycles. The smallest absolute Gasteiger partial charge is 0.128 e. The molecule has 3 heteroatoms. The zero-order valence-electron chi connectivity index (χ0n) is 17.5. The molecule has 0 radical (unpaired) electrons. The van der Waals surface area contributed by atoms with E-state index < -0.39 is 0 Å². The van der Waals surface area contributed by atoms with Gasteiger partial charge in [0.1, 0.15) is 17.1 Å². The fourth-order valence-electron chi connectivity index (χ4n) is 4.70. The molecule has 2 unspecified atom stereocenters. The third kappa shape index (κ3) is 4.85. The molecule has 0 amide bonds. The Morgan fingerprint density at radius 1 is 1.15 bits per heavy atom. The van der Waals surface area contributed by atoms with Crippen molar-refractivity contribution in [2.24, 2.45) is 5.92 Å². The zero-order chi connectivity index (χ0) is 19.4. The number of aromatic hydroxyl groups is 1. The monoisotopic (exact) mass is 388 g/mol. The number of phenols is 1. The van der Waals surface area contributed by atoms with Gasteiger partial charge in [-0.1, -0.05) is 50.7 Å². The van der Waals surface area contributed by atoms with Gasteiger partial charge in [0.15, 0.2) is 0 Å². The molecule has 2 atom stereocenters. The first kappa shape index (κ1) is 20.6. The van der Waals surface area contributed by atoms with Gasteiger partial charge in [0.05, 0.1) is 0 Å². The van der Waals surface area contributed by atoms with Gasteiger partial charge in [-0.3, -0.25) is 0 Å². The highest BCUT2D eigenvalue weighted by atomic mass is 32.2. The van der Waals surface area contributed by atoms with Gasteiger partial charge in [0, 0.05) is 22.3 Å². The van der Waals surface area contributed by atoms with Crippen molar-refractivity contribution in [3.63, 3.8) is 0 Å². The average molecular weight is 389 g/mol. The summed E-state index contributed by atoms with van der Waals surface area (Å²) in [6.07, 6.45) is 12.3. The fourth-order valence-corrected chi connectivity index (χ4v) is 5.67. The molecule has 1 heterocycles. The summed E-state index contributed by atoms with van der Waals surface area (Å²) in [6, 6.07) is 4.13. The van der Waals surface area contributed by atoms with Crippen LogP contribution in [0.1, 0.15) is 90.5 Å². The van der Waals surface area contributed by atoms with Gasteiger partial charge in [-0.05, 0) is 57.9 Å². The number of allylic oxidation sites excluding steroid dienone is 2.